The van der Waals surface area contributed by atoms with Gasteiger partial charge in [-0.25, -0.2) is 4.98 Å². The number of piperidine rings is 1. The first-order valence-electron chi connectivity index (χ1n) is 8.30. The third kappa shape index (κ3) is 4.68. The number of hydrogen-bond acceptors (Lipinski definition) is 4. The predicted octanol–water partition coefficient (Wildman–Crippen LogP) is 3.15. The van der Waals surface area contributed by atoms with Crippen LogP contribution in [0.4, 0.5) is 5.82 Å². The maximum atomic E-state index is 5.72. The zero-order valence-electron chi connectivity index (χ0n) is 13.6. The van der Waals surface area contributed by atoms with Crippen molar-refractivity contribution in [2.45, 2.75) is 52.2 Å². The van der Waals surface area contributed by atoms with Gasteiger partial charge in [-0.2, -0.15) is 0 Å². The molecule has 1 aliphatic rings. The summed E-state index contributed by atoms with van der Waals surface area (Å²) in [5, 5.41) is 3.54. The quantitative estimate of drug-likeness (QED) is 0.837. The van der Waals surface area contributed by atoms with E-state index in [9.17, 15) is 0 Å². The number of ether oxygens (including phenoxy) is 1. The van der Waals surface area contributed by atoms with E-state index in [4.69, 9.17) is 4.74 Å². The Morgan fingerprint density at radius 1 is 1.38 bits per heavy atom. The number of pyridine rings is 1. The summed E-state index contributed by atoms with van der Waals surface area (Å²) in [7, 11) is 0. The lowest BCUT2D eigenvalue weighted by molar-refractivity contribution is 0.0458. The smallest absolute Gasteiger partial charge is 0.128 e. The Balaban J connectivity index is 1.95. The summed E-state index contributed by atoms with van der Waals surface area (Å²) in [5.41, 5.74) is 1.32. The van der Waals surface area contributed by atoms with Crippen LogP contribution in [0.2, 0.25) is 0 Å². The number of aromatic nitrogens is 1. The lowest BCUT2D eigenvalue weighted by Gasteiger charge is -2.33. The first-order valence-corrected chi connectivity index (χ1v) is 8.30. The first kappa shape index (κ1) is 16.2. The molecule has 1 unspecified atom stereocenters. The Kier molecular flexibility index (Phi) is 6.46. The summed E-state index contributed by atoms with van der Waals surface area (Å²) in [6.45, 7) is 10.4. The van der Waals surface area contributed by atoms with Gasteiger partial charge < -0.3 is 15.0 Å². The van der Waals surface area contributed by atoms with Crippen molar-refractivity contribution in [3.05, 3.63) is 23.9 Å². The molecule has 4 heteroatoms. The molecule has 1 aromatic heterocycles. The molecule has 0 aliphatic carbocycles. The van der Waals surface area contributed by atoms with Crippen molar-refractivity contribution in [3.63, 3.8) is 0 Å². The zero-order chi connectivity index (χ0) is 15.1. The fourth-order valence-corrected chi connectivity index (χ4v) is 2.84. The van der Waals surface area contributed by atoms with Crippen LogP contribution in [0.25, 0.3) is 0 Å². The van der Waals surface area contributed by atoms with Gasteiger partial charge in [-0.1, -0.05) is 6.92 Å². The molecule has 1 saturated heterocycles. The van der Waals surface area contributed by atoms with Gasteiger partial charge in [-0.15, -0.1) is 0 Å². The summed E-state index contributed by atoms with van der Waals surface area (Å²) in [6.07, 6.45) is 5.73. The monoisotopic (exact) mass is 291 g/mol. The minimum atomic E-state index is 0.382. The van der Waals surface area contributed by atoms with Crippen molar-refractivity contribution in [1.82, 2.24) is 10.3 Å². The molecule has 4 nitrogen and oxygen atoms in total. The minimum Gasteiger partial charge on any atom is -0.378 e. The van der Waals surface area contributed by atoms with Gasteiger partial charge in [0.1, 0.15) is 5.82 Å². The van der Waals surface area contributed by atoms with Crippen molar-refractivity contribution in [2.24, 2.45) is 0 Å². The van der Waals surface area contributed by atoms with Crippen LogP contribution in [0.15, 0.2) is 18.3 Å². The molecule has 0 spiro atoms. The molecule has 2 heterocycles. The van der Waals surface area contributed by atoms with Gasteiger partial charge in [0.15, 0.2) is 0 Å². The van der Waals surface area contributed by atoms with Gasteiger partial charge in [-0.05, 0) is 57.4 Å². The lowest BCUT2D eigenvalue weighted by Crippen LogP contribution is -2.37. The van der Waals surface area contributed by atoms with Crippen LogP contribution < -0.4 is 10.2 Å². The van der Waals surface area contributed by atoms with Crippen LogP contribution in [0.5, 0.6) is 0 Å². The van der Waals surface area contributed by atoms with Crippen LogP contribution in [0.1, 0.15) is 51.6 Å². The highest BCUT2D eigenvalue weighted by Gasteiger charge is 2.20. The molecule has 118 valence electrons. The summed E-state index contributed by atoms with van der Waals surface area (Å²) in [4.78, 5) is 6.93. The number of nitrogens with zero attached hydrogens (tertiary/aromatic N) is 2. The molecular weight excluding hydrogens is 262 g/mol. The molecule has 0 aromatic carbocycles. The van der Waals surface area contributed by atoms with Crippen LogP contribution in [-0.4, -0.2) is 37.3 Å². The first-order chi connectivity index (χ1) is 10.2. The lowest BCUT2D eigenvalue weighted by atomic mass is 10.1. The normalized spacial score (nSPS) is 18.0. The van der Waals surface area contributed by atoms with Gasteiger partial charge in [0.25, 0.3) is 0 Å². The van der Waals surface area contributed by atoms with Gasteiger partial charge >= 0.3 is 0 Å². The number of anilines is 1. The van der Waals surface area contributed by atoms with E-state index in [2.05, 4.69) is 48.1 Å². The van der Waals surface area contributed by atoms with Crippen LogP contribution in [0.3, 0.4) is 0 Å². The zero-order valence-corrected chi connectivity index (χ0v) is 13.6. The van der Waals surface area contributed by atoms with Gasteiger partial charge in [0, 0.05) is 31.9 Å². The largest absolute Gasteiger partial charge is 0.378 e. The molecule has 0 amide bonds. The van der Waals surface area contributed by atoms with E-state index in [1.54, 1.807) is 0 Å². The SMILES string of the molecule is CCCNC(C)c1ccnc(N2CCC(OCC)CC2)c1. The van der Waals surface area contributed by atoms with E-state index < -0.39 is 0 Å². The van der Waals surface area contributed by atoms with Gasteiger partial charge in [0.05, 0.1) is 6.10 Å². The van der Waals surface area contributed by atoms with E-state index in [0.717, 1.165) is 51.3 Å². The number of hydrogen-bond donors (Lipinski definition) is 1. The van der Waals surface area contributed by atoms with E-state index >= 15 is 0 Å². The molecule has 1 fully saturated rings. The van der Waals surface area contributed by atoms with E-state index in [-0.39, 0.29) is 0 Å². The molecule has 1 aliphatic heterocycles. The van der Waals surface area contributed by atoms with Crippen molar-refractivity contribution >= 4 is 5.82 Å². The van der Waals surface area contributed by atoms with Gasteiger partial charge in [0.2, 0.25) is 0 Å². The van der Waals surface area contributed by atoms with Crippen LogP contribution in [-0.2, 0) is 4.74 Å². The van der Waals surface area contributed by atoms with Gasteiger partial charge in [-0.3, -0.25) is 0 Å². The van der Waals surface area contributed by atoms with Crippen molar-refractivity contribution in [3.8, 4) is 0 Å². The third-order valence-electron chi connectivity index (χ3n) is 4.14. The Morgan fingerprint density at radius 3 is 2.81 bits per heavy atom. The van der Waals surface area contributed by atoms with E-state index in [1.807, 2.05) is 6.20 Å². The highest BCUT2D eigenvalue weighted by atomic mass is 16.5. The molecule has 0 bridgehead atoms. The maximum Gasteiger partial charge on any atom is 0.128 e. The molecule has 21 heavy (non-hydrogen) atoms. The second kappa shape index (κ2) is 8.35. The fourth-order valence-electron chi connectivity index (χ4n) is 2.84. The van der Waals surface area contributed by atoms with Crippen molar-refractivity contribution in [1.29, 1.82) is 0 Å². The Morgan fingerprint density at radius 2 is 2.14 bits per heavy atom. The molecule has 2 rings (SSSR count). The molecule has 1 N–H and O–H groups in total. The topological polar surface area (TPSA) is 37.4 Å². The third-order valence-corrected chi connectivity index (χ3v) is 4.14. The average Bonchev–Trinajstić information content (AvgIpc) is 2.54. The predicted molar refractivity (Wildman–Crippen MR) is 87.8 cm³/mol. The second-order valence-corrected chi connectivity index (χ2v) is 5.76. The van der Waals surface area contributed by atoms with Crippen LogP contribution >= 0.6 is 0 Å². The summed E-state index contributed by atoms with van der Waals surface area (Å²) in [5.74, 6) is 1.10. The minimum absolute atomic E-state index is 0.382. The van der Waals surface area contributed by atoms with E-state index in [1.165, 1.54) is 5.56 Å². The maximum absolute atomic E-state index is 5.72. The summed E-state index contributed by atoms with van der Waals surface area (Å²) >= 11 is 0. The molecule has 0 saturated carbocycles. The van der Waals surface area contributed by atoms with Crippen LogP contribution in [0, 0.1) is 0 Å². The fraction of sp³-hybridized carbons (Fsp3) is 0.706. The number of rotatable bonds is 7. The van der Waals surface area contributed by atoms with Crippen molar-refractivity contribution in [2.75, 3.05) is 31.1 Å². The molecular formula is C17H29N3O. The Labute approximate surface area is 128 Å². The highest BCUT2D eigenvalue weighted by molar-refractivity contribution is 5.42. The highest BCUT2D eigenvalue weighted by Crippen LogP contribution is 2.22. The second-order valence-electron chi connectivity index (χ2n) is 5.76. The number of nitrogens with one attached hydrogen (secondary N) is 1. The summed E-state index contributed by atoms with van der Waals surface area (Å²) < 4.78 is 5.72. The Bertz CT molecular complexity index is 416. The van der Waals surface area contributed by atoms with Crippen molar-refractivity contribution < 1.29 is 4.74 Å². The molecule has 1 aromatic rings. The molecule has 1 atom stereocenters. The van der Waals surface area contributed by atoms with E-state index in [0.29, 0.717) is 12.1 Å². The standard InChI is InChI=1S/C17H29N3O/c1-4-9-18-14(3)15-6-10-19-17(13-15)20-11-7-16(8-12-20)21-5-2/h6,10,13-14,16,18H,4-5,7-9,11-12H2,1-3H3. The average molecular weight is 291 g/mol. The summed E-state index contributed by atoms with van der Waals surface area (Å²) in [6, 6.07) is 4.73. The molecule has 0 radical (unpaired) electrons. The Hall–Kier alpha value is -1.13.